The molecule has 0 unspecified atom stereocenters. The Bertz CT molecular complexity index is 914. The van der Waals surface area contributed by atoms with E-state index in [1.807, 2.05) is 13.0 Å². The first-order valence-corrected chi connectivity index (χ1v) is 9.05. The molecule has 0 N–H and O–H groups in total. The average molecular weight is 359 g/mol. The molecular weight excluding hydrogens is 342 g/mol. The van der Waals surface area contributed by atoms with Crippen molar-refractivity contribution >= 4 is 10.0 Å². The van der Waals surface area contributed by atoms with Crippen LogP contribution < -0.4 is 9.47 Å². The fraction of sp³-hybridized carbons (Fsp3) is 0.294. The van der Waals surface area contributed by atoms with Crippen LogP contribution in [0.2, 0.25) is 0 Å². The zero-order valence-corrected chi connectivity index (χ0v) is 14.7. The zero-order valence-electron chi connectivity index (χ0n) is 13.8. The van der Waals surface area contributed by atoms with Gasteiger partial charge in [-0.2, -0.15) is 9.57 Å². The molecule has 0 radical (unpaired) electrons. The van der Waals surface area contributed by atoms with Gasteiger partial charge < -0.3 is 9.47 Å². The maximum atomic E-state index is 12.8. The molecule has 1 aromatic heterocycles. The van der Waals surface area contributed by atoms with Crippen molar-refractivity contribution in [1.82, 2.24) is 9.29 Å². The summed E-state index contributed by atoms with van der Waals surface area (Å²) < 4.78 is 37.7. The number of benzene rings is 1. The molecule has 1 aromatic carbocycles. The highest BCUT2D eigenvalue weighted by Crippen LogP contribution is 2.31. The smallest absolute Gasteiger partial charge is 0.247 e. The second-order valence-electron chi connectivity index (χ2n) is 5.71. The van der Waals surface area contributed by atoms with Gasteiger partial charge in [-0.15, -0.1) is 0 Å². The van der Waals surface area contributed by atoms with Crippen LogP contribution in [0.4, 0.5) is 0 Å². The lowest BCUT2D eigenvalue weighted by Crippen LogP contribution is -2.56. The van der Waals surface area contributed by atoms with Crippen molar-refractivity contribution in [2.24, 2.45) is 0 Å². The van der Waals surface area contributed by atoms with Gasteiger partial charge in [0.05, 0.1) is 25.8 Å². The molecule has 8 heteroatoms. The third-order valence-corrected chi connectivity index (χ3v) is 5.76. The molecule has 1 aliphatic heterocycles. The number of ether oxygens (including phenoxy) is 2. The summed E-state index contributed by atoms with van der Waals surface area (Å²) in [4.78, 5) is 4.18. The number of hydrogen-bond donors (Lipinski definition) is 0. The van der Waals surface area contributed by atoms with Crippen molar-refractivity contribution in [3.05, 3.63) is 47.7 Å². The molecule has 0 atom stereocenters. The standard InChI is InChI=1S/C17H17N3O4S/c1-12-3-5-15(23-2)16(7-12)25(21,22)20-10-14(11-20)24-17-6-4-13(8-18)9-19-17/h3-7,9,14H,10-11H2,1-2H3. The van der Waals surface area contributed by atoms with Crippen LogP contribution in [0, 0.1) is 18.3 Å². The number of rotatable bonds is 5. The van der Waals surface area contributed by atoms with Crippen LogP contribution in [0.5, 0.6) is 11.6 Å². The summed E-state index contributed by atoms with van der Waals surface area (Å²) in [6.07, 6.45) is 1.14. The molecule has 7 nitrogen and oxygen atoms in total. The van der Waals surface area contributed by atoms with Crippen LogP contribution in [0.25, 0.3) is 0 Å². The summed E-state index contributed by atoms with van der Waals surface area (Å²) >= 11 is 0. The van der Waals surface area contributed by atoms with E-state index in [0.29, 0.717) is 17.2 Å². The van der Waals surface area contributed by atoms with E-state index in [1.54, 1.807) is 30.3 Å². The lowest BCUT2D eigenvalue weighted by molar-refractivity contribution is 0.0719. The predicted octanol–water partition coefficient (Wildman–Crippen LogP) is 1.72. The van der Waals surface area contributed by atoms with Gasteiger partial charge in [-0.3, -0.25) is 0 Å². The fourth-order valence-corrected chi connectivity index (χ4v) is 4.23. The number of nitriles is 1. The SMILES string of the molecule is COc1ccc(C)cc1S(=O)(=O)N1CC(Oc2ccc(C#N)cn2)C1. The Morgan fingerprint density at radius 2 is 2.04 bits per heavy atom. The van der Waals surface area contributed by atoms with Crippen molar-refractivity contribution in [2.75, 3.05) is 20.2 Å². The van der Waals surface area contributed by atoms with Gasteiger partial charge in [0.1, 0.15) is 22.8 Å². The first-order valence-electron chi connectivity index (χ1n) is 7.61. The van der Waals surface area contributed by atoms with E-state index >= 15 is 0 Å². The molecule has 130 valence electrons. The van der Waals surface area contributed by atoms with Crippen LogP contribution >= 0.6 is 0 Å². The summed E-state index contributed by atoms with van der Waals surface area (Å²) in [5, 5.41) is 8.75. The van der Waals surface area contributed by atoms with Crippen LogP contribution in [0.3, 0.4) is 0 Å². The van der Waals surface area contributed by atoms with Crippen molar-refractivity contribution in [1.29, 1.82) is 5.26 Å². The highest BCUT2D eigenvalue weighted by atomic mass is 32.2. The number of aryl methyl sites for hydroxylation is 1. The lowest BCUT2D eigenvalue weighted by atomic mass is 10.2. The van der Waals surface area contributed by atoms with E-state index in [-0.39, 0.29) is 24.1 Å². The Kier molecular flexibility index (Phi) is 4.61. The maximum Gasteiger partial charge on any atom is 0.247 e. The molecule has 0 spiro atoms. The fourth-order valence-electron chi connectivity index (χ4n) is 2.48. The number of pyridine rings is 1. The molecule has 2 heterocycles. The minimum atomic E-state index is -3.64. The summed E-state index contributed by atoms with van der Waals surface area (Å²) in [7, 11) is -2.19. The Hall–Kier alpha value is -2.63. The number of nitrogens with zero attached hydrogens (tertiary/aromatic N) is 3. The molecule has 1 fully saturated rings. The molecule has 0 amide bonds. The highest BCUT2D eigenvalue weighted by molar-refractivity contribution is 7.89. The number of hydrogen-bond acceptors (Lipinski definition) is 6. The van der Waals surface area contributed by atoms with Gasteiger partial charge in [0.25, 0.3) is 0 Å². The molecule has 0 aliphatic carbocycles. The molecular formula is C17H17N3O4S. The third kappa shape index (κ3) is 3.43. The van der Waals surface area contributed by atoms with Gasteiger partial charge in [-0.25, -0.2) is 13.4 Å². The average Bonchev–Trinajstić information content (AvgIpc) is 2.58. The quantitative estimate of drug-likeness (QED) is 0.807. The van der Waals surface area contributed by atoms with Gasteiger partial charge in [0.15, 0.2) is 0 Å². The molecule has 0 saturated carbocycles. The van der Waals surface area contributed by atoms with E-state index in [2.05, 4.69) is 4.98 Å². The maximum absolute atomic E-state index is 12.8. The van der Waals surface area contributed by atoms with Gasteiger partial charge in [0, 0.05) is 12.3 Å². The van der Waals surface area contributed by atoms with Crippen molar-refractivity contribution < 1.29 is 17.9 Å². The second-order valence-corrected chi connectivity index (χ2v) is 7.62. The van der Waals surface area contributed by atoms with Crippen LogP contribution in [-0.4, -0.2) is 44.0 Å². The minimum Gasteiger partial charge on any atom is -0.495 e. The Balaban J connectivity index is 1.69. The summed E-state index contributed by atoms with van der Waals surface area (Å²) in [6, 6.07) is 10.2. The summed E-state index contributed by atoms with van der Waals surface area (Å²) in [5.41, 5.74) is 1.28. The molecule has 0 bridgehead atoms. The Morgan fingerprint density at radius 3 is 2.64 bits per heavy atom. The summed E-state index contributed by atoms with van der Waals surface area (Å²) in [6.45, 7) is 2.30. The second kappa shape index (κ2) is 6.70. The zero-order chi connectivity index (χ0) is 18.0. The van der Waals surface area contributed by atoms with Crippen LogP contribution in [-0.2, 0) is 10.0 Å². The monoisotopic (exact) mass is 359 g/mol. The Morgan fingerprint density at radius 1 is 1.28 bits per heavy atom. The molecule has 25 heavy (non-hydrogen) atoms. The van der Waals surface area contributed by atoms with Crippen LogP contribution in [0.1, 0.15) is 11.1 Å². The van der Waals surface area contributed by atoms with Crippen molar-refractivity contribution in [3.8, 4) is 17.7 Å². The number of sulfonamides is 1. The van der Waals surface area contributed by atoms with Crippen molar-refractivity contribution in [3.63, 3.8) is 0 Å². The Labute approximate surface area is 146 Å². The highest BCUT2D eigenvalue weighted by Gasteiger charge is 2.39. The van der Waals surface area contributed by atoms with E-state index in [1.165, 1.54) is 17.6 Å². The summed E-state index contributed by atoms with van der Waals surface area (Å²) in [5.74, 6) is 0.693. The van der Waals surface area contributed by atoms with E-state index in [0.717, 1.165) is 5.56 Å². The molecule has 1 saturated heterocycles. The van der Waals surface area contributed by atoms with Gasteiger partial charge in [-0.05, 0) is 30.7 Å². The largest absolute Gasteiger partial charge is 0.495 e. The molecule has 2 aromatic rings. The van der Waals surface area contributed by atoms with Gasteiger partial charge in [0.2, 0.25) is 15.9 Å². The van der Waals surface area contributed by atoms with E-state index in [9.17, 15) is 8.42 Å². The van der Waals surface area contributed by atoms with E-state index < -0.39 is 10.0 Å². The first kappa shape index (κ1) is 17.2. The first-order chi connectivity index (χ1) is 11.9. The van der Waals surface area contributed by atoms with Gasteiger partial charge >= 0.3 is 0 Å². The normalized spacial score (nSPS) is 15.2. The van der Waals surface area contributed by atoms with Gasteiger partial charge in [-0.1, -0.05) is 6.07 Å². The minimum absolute atomic E-state index is 0.157. The number of methoxy groups -OCH3 is 1. The third-order valence-electron chi connectivity index (χ3n) is 3.90. The van der Waals surface area contributed by atoms with Crippen molar-refractivity contribution in [2.45, 2.75) is 17.9 Å². The van der Waals surface area contributed by atoms with E-state index in [4.69, 9.17) is 14.7 Å². The molecule has 3 rings (SSSR count). The molecule has 1 aliphatic rings. The lowest BCUT2D eigenvalue weighted by Gasteiger charge is -2.37. The predicted molar refractivity (Wildman–Crippen MR) is 89.9 cm³/mol. The number of aromatic nitrogens is 1. The van der Waals surface area contributed by atoms with Crippen LogP contribution in [0.15, 0.2) is 41.4 Å². The topological polar surface area (TPSA) is 92.5 Å².